The number of alkyl halides is 1. The second kappa shape index (κ2) is 8.12. The van der Waals surface area contributed by atoms with Gasteiger partial charge in [0.1, 0.15) is 22.8 Å². The van der Waals surface area contributed by atoms with Crippen LogP contribution < -0.4 is 9.47 Å². The van der Waals surface area contributed by atoms with Gasteiger partial charge in [0.2, 0.25) is 0 Å². The van der Waals surface area contributed by atoms with Crippen LogP contribution in [0.5, 0.6) is 17.2 Å². The van der Waals surface area contributed by atoms with Crippen LogP contribution in [-0.2, 0) is 14.9 Å². The van der Waals surface area contributed by atoms with Crippen molar-refractivity contribution >= 4 is 21.9 Å². The molecule has 2 rings (SSSR count). The normalized spacial score (nSPS) is 11.8. The number of esters is 1. The van der Waals surface area contributed by atoms with Gasteiger partial charge in [-0.25, -0.2) is 4.79 Å². The van der Waals surface area contributed by atoms with Crippen molar-refractivity contribution in [3.63, 3.8) is 0 Å². The summed E-state index contributed by atoms with van der Waals surface area (Å²) in [4.78, 5) is 12.3. The van der Waals surface area contributed by atoms with E-state index in [1.165, 1.54) is 5.56 Å². The molecular weight excluding hydrogens is 396 g/mol. The fourth-order valence-electron chi connectivity index (χ4n) is 2.12. The lowest BCUT2D eigenvalue weighted by Crippen LogP contribution is -2.43. The van der Waals surface area contributed by atoms with Crippen LogP contribution in [0.15, 0.2) is 48.5 Å². The third kappa shape index (κ3) is 6.06. The summed E-state index contributed by atoms with van der Waals surface area (Å²) in [5.74, 6) is 1.49. The van der Waals surface area contributed by atoms with Gasteiger partial charge in [-0.15, -0.1) is 0 Å². The van der Waals surface area contributed by atoms with Crippen LogP contribution in [0.3, 0.4) is 0 Å². The molecule has 5 heteroatoms. The smallest absolute Gasteiger partial charge is 0.350 e. The molecule has 0 spiro atoms. The molecule has 26 heavy (non-hydrogen) atoms. The van der Waals surface area contributed by atoms with E-state index in [0.717, 1.165) is 11.1 Å². The van der Waals surface area contributed by atoms with Crippen molar-refractivity contribution in [3.8, 4) is 17.2 Å². The summed E-state index contributed by atoms with van der Waals surface area (Å²) in [6.45, 7) is 8.87. The SMILES string of the molecule is CC(C)(C)OC(=O)C(C)(C)Oc1cccc(Oc2ccc(CBr)cc2)c1. The summed E-state index contributed by atoms with van der Waals surface area (Å²) in [5, 5.41) is 0.802. The molecule has 0 unspecified atom stereocenters. The van der Waals surface area contributed by atoms with Gasteiger partial charge < -0.3 is 14.2 Å². The third-order valence-electron chi connectivity index (χ3n) is 3.38. The zero-order valence-electron chi connectivity index (χ0n) is 15.8. The van der Waals surface area contributed by atoms with Crippen LogP contribution in [0.2, 0.25) is 0 Å². The van der Waals surface area contributed by atoms with Crippen molar-refractivity contribution < 1.29 is 19.0 Å². The first kappa shape index (κ1) is 20.3. The molecule has 0 aliphatic heterocycles. The minimum Gasteiger partial charge on any atom is -0.476 e. The summed E-state index contributed by atoms with van der Waals surface area (Å²) < 4.78 is 17.1. The molecule has 0 saturated carbocycles. The van der Waals surface area contributed by atoms with E-state index in [-0.39, 0.29) is 0 Å². The maximum absolute atomic E-state index is 12.3. The molecule has 0 bridgehead atoms. The Morgan fingerprint density at radius 2 is 1.54 bits per heavy atom. The Kier molecular flexibility index (Phi) is 6.34. The molecule has 0 saturated heterocycles. The number of benzene rings is 2. The van der Waals surface area contributed by atoms with Gasteiger partial charge >= 0.3 is 5.97 Å². The van der Waals surface area contributed by atoms with Crippen LogP contribution in [0.1, 0.15) is 40.2 Å². The number of carbonyl (C=O) groups excluding carboxylic acids is 1. The first-order chi connectivity index (χ1) is 12.1. The predicted molar refractivity (Wildman–Crippen MR) is 106 cm³/mol. The highest BCUT2D eigenvalue weighted by Crippen LogP contribution is 2.28. The Bertz CT molecular complexity index is 745. The Morgan fingerprint density at radius 3 is 2.12 bits per heavy atom. The fourth-order valence-corrected chi connectivity index (χ4v) is 2.49. The Labute approximate surface area is 163 Å². The van der Waals surface area contributed by atoms with Crippen molar-refractivity contribution in [2.75, 3.05) is 0 Å². The number of carbonyl (C=O) groups is 1. The zero-order valence-corrected chi connectivity index (χ0v) is 17.4. The van der Waals surface area contributed by atoms with E-state index >= 15 is 0 Å². The average Bonchev–Trinajstić information content (AvgIpc) is 2.54. The Hall–Kier alpha value is -2.01. The highest BCUT2D eigenvalue weighted by atomic mass is 79.9. The van der Waals surface area contributed by atoms with Crippen molar-refractivity contribution in [1.82, 2.24) is 0 Å². The number of hydrogen-bond donors (Lipinski definition) is 0. The van der Waals surface area contributed by atoms with E-state index < -0.39 is 17.2 Å². The van der Waals surface area contributed by atoms with Gasteiger partial charge in [-0.3, -0.25) is 0 Å². The van der Waals surface area contributed by atoms with Crippen molar-refractivity contribution in [1.29, 1.82) is 0 Å². The third-order valence-corrected chi connectivity index (χ3v) is 4.03. The summed E-state index contributed by atoms with van der Waals surface area (Å²) >= 11 is 3.42. The fraction of sp³-hybridized carbons (Fsp3) is 0.381. The molecule has 0 radical (unpaired) electrons. The standard InChI is InChI=1S/C21H25BrO4/c1-20(2,3)26-19(23)21(4,5)25-18-8-6-7-17(13-18)24-16-11-9-15(14-22)10-12-16/h6-13H,14H2,1-5H3. The van der Waals surface area contributed by atoms with Gasteiger partial charge in [0.25, 0.3) is 0 Å². The molecule has 0 amide bonds. The molecular formula is C21H25BrO4. The van der Waals surface area contributed by atoms with E-state index in [2.05, 4.69) is 15.9 Å². The maximum Gasteiger partial charge on any atom is 0.350 e. The van der Waals surface area contributed by atoms with Crippen LogP contribution in [0, 0.1) is 0 Å². The van der Waals surface area contributed by atoms with Crippen LogP contribution >= 0.6 is 15.9 Å². The highest BCUT2D eigenvalue weighted by Gasteiger charge is 2.34. The molecule has 140 valence electrons. The maximum atomic E-state index is 12.3. The predicted octanol–water partition coefficient (Wildman–Crippen LogP) is 5.87. The van der Waals surface area contributed by atoms with E-state index in [9.17, 15) is 4.79 Å². The average molecular weight is 421 g/mol. The summed E-state index contributed by atoms with van der Waals surface area (Å²) in [7, 11) is 0. The van der Waals surface area contributed by atoms with Gasteiger partial charge in [-0.05, 0) is 64.4 Å². The molecule has 0 aliphatic carbocycles. The van der Waals surface area contributed by atoms with Crippen LogP contribution in [-0.4, -0.2) is 17.2 Å². The lowest BCUT2D eigenvalue weighted by molar-refractivity contribution is -0.170. The molecule has 4 nitrogen and oxygen atoms in total. The highest BCUT2D eigenvalue weighted by molar-refractivity contribution is 9.08. The minimum absolute atomic E-state index is 0.415. The van der Waals surface area contributed by atoms with Gasteiger partial charge in [0.15, 0.2) is 5.60 Å². The summed E-state index contributed by atoms with van der Waals surface area (Å²) in [5.41, 5.74) is -0.499. The quantitative estimate of drug-likeness (QED) is 0.432. The first-order valence-corrected chi connectivity index (χ1v) is 9.56. The molecule has 0 aromatic heterocycles. The molecule has 0 fully saturated rings. The number of halogens is 1. The van der Waals surface area contributed by atoms with Crippen LogP contribution in [0.4, 0.5) is 0 Å². The van der Waals surface area contributed by atoms with Crippen molar-refractivity contribution in [2.45, 2.75) is 51.2 Å². The molecule has 0 N–H and O–H groups in total. The molecule has 0 aliphatic rings. The van der Waals surface area contributed by atoms with Gasteiger partial charge in [0, 0.05) is 11.4 Å². The van der Waals surface area contributed by atoms with E-state index in [4.69, 9.17) is 14.2 Å². The summed E-state index contributed by atoms with van der Waals surface area (Å²) in [6.07, 6.45) is 0. The molecule has 2 aromatic carbocycles. The van der Waals surface area contributed by atoms with Crippen molar-refractivity contribution in [2.24, 2.45) is 0 Å². The van der Waals surface area contributed by atoms with E-state index in [1.54, 1.807) is 26.0 Å². The van der Waals surface area contributed by atoms with Gasteiger partial charge in [-0.2, -0.15) is 0 Å². The van der Waals surface area contributed by atoms with Gasteiger partial charge in [0.05, 0.1) is 0 Å². The lowest BCUT2D eigenvalue weighted by Gasteiger charge is -2.29. The molecule has 0 heterocycles. The van der Waals surface area contributed by atoms with Crippen molar-refractivity contribution in [3.05, 3.63) is 54.1 Å². The molecule has 2 aromatic rings. The molecule has 0 atom stereocenters. The topological polar surface area (TPSA) is 44.8 Å². The summed E-state index contributed by atoms with van der Waals surface area (Å²) in [6, 6.07) is 15.0. The Balaban J connectivity index is 2.09. The van der Waals surface area contributed by atoms with E-state index in [0.29, 0.717) is 11.5 Å². The monoisotopic (exact) mass is 420 g/mol. The number of rotatable bonds is 6. The van der Waals surface area contributed by atoms with E-state index in [1.807, 2.05) is 57.2 Å². The largest absolute Gasteiger partial charge is 0.476 e. The minimum atomic E-state index is -1.11. The Morgan fingerprint density at radius 1 is 0.923 bits per heavy atom. The number of hydrogen-bond acceptors (Lipinski definition) is 4. The zero-order chi connectivity index (χ0) is 19.4. The first-order valence-electron chi connectivity index (χ1n) is 8.44. The number of ether oxygens (including phenoxy) is 3. The second-order valence-electron chi connectivity index (χ2n) is 7.47. The second-order valence-corrected chi connectivity index (χ2v) is 8.03. The van der Waals surface area contributed by atoms with Crippen LogP contribution in [0.25, 0.3) is 0 Å². The van der Waals surface area contributed by atoms with Gasteiger partial charge in [-0.1, -0.05) is 34.1 Å². The lowest BCUT2D eigenvalue weighted by atomic mass is 10.1.